The molecule has 0 bridgehead atoms. The predicted octanol–water partition coefficient (Wildman–Crippen LogP) is 14.3. The molecule has 4 heteroatoms. The Bertz CT molecular complexity index is 3410. The lowest BCUT2D eigenvalue weighted by atomic mass is 9.96. The monoisotopic (exact) mass is 666 g/mol. The first kappa shape index (κ1) is 27.7. The van der Waals surface area contributed by atoms with Crippen molar-refractivity contribution >= 4 is 87.8 Å². The highest BCUT2D eigenvalue weighted by Crippen LogP contribution is 2.43. The molecule has 0 radical (unpaired) electrons. The highest BCUT2D eigenvalue weighted by molar-refractivity contribution is 6.26. The molecule has 8 aromatic carbocycles. The van der Waals surface area contributed by atoms with Crippen LogP contribution >= 0.6 is 0 Å². The minimum atomic E-state index is 0.774. The van der Waals surface area contributed by atoms with Crippen LogP contribution in [0.15, 0.2) is 175 Å². The van der Waals surface area contributed by atoms with Crippen molar-refractivity contribution in [3.63, 3.8) is 0 Å². The average Bonchev–Trinajstić information content (AvgIpc) is 3.97. The molecule has 0 fully saturated rings. The van der Waals surface area contributed by atoms with Gasteiger partial charge in [-0.3, -0.25) is 0 Å². The van der Waals surface area contributed by atoms with Crippen molar-refractivity contribution < 1.29 is 17.7 Å². The standard InChI is InChI=1S/C48H26O4/c1-2-7-27(8-3-1)30-13-18-40-36(24-30)33-16-17-34-37-25-31(14-19-41(37)52-48(34)47(33)51-40)28-9-6-10-29(23-28)32-15-20-42-38(26-32)46-44(50-42)22-21-43-45(46)35-11-4-5-12-39(35)49-43/h1-26H. The fourth-order valence-electron chi connectivity index (χ4n) is 8.20. The first-order valence-corrected chi connectivity index (χ1v) is 17.5. The lowest BCUT2D eigenvalue weighted by Crippen LogP contribution is -1.82. The van der Waals surface area contributed by atoms with E-state index in [9.17, 15) is 0 Å². The molecule has 4 aromatic heterocycles. The minimum absolute atomic E-state index is 0.774. The lowest BCUT2D eigenvalue weighted by Gasteiger charge is -2.07. The topological polar surface area (TPSA) is 52.6 Å². The van der Waals surface area contributed by atoms with Gasteiger partial charge in [0.25, 0.3) is 0 Å². The molecule has 4 nitrogen and oxygen atoms in total. The quantitative estimate of drug-likeness (QED) is 0.188. The van der Waals surface area contributed by atoms with Crippen molar-refractivity contribution in [1.82, 2.24) is 0 Å². The van der Waals surface area contributed by atoms with Crippen molar-refractivity contribution in [2.75, 3.05) is 0 Å². The summed E-state index contributed by atoms with van der Waals surface area (Å²) in [6.07, 6.45) is 0. The maximum absolute atomic E-state index is 6.50. The fraction of sp³-hybridized carbons (Fsp3) is 0. The molecular weight excluding hydrogens is 641 g/mol. The molecule has 12 rings (SSSR count). The number of hydrogen-bond acceptors (Lipinski definition) is 4. The van der Waals surface area contributed by atoms with E-state index in [2.05, 4.69) is 127 Å². The van der Waals surface area contributed by atoms with Crippen LogP contribution in [0.3, 0.4) is 0 Å². The Morgan fingerprint density at radius 2 is 0.673 bits per heavy atom. The van der Waals surface area contributed by atoms with Crippen LogP contribution in [0.4, 0.5) is 0 Å². The molecular formula is C48H26O4. The van der Waals surface area contributed by atoms with Gasteiger partial charge in [0.05, 0.1) is 0 Å². The molecule has 0 spiro atoms. The first-order valence-electron chi connectivity index (χ1n) is 17.5. The number of para-hydroxylation sites is 1. The molecule has 0 atom stereocenters. The summed E-state index contributed by atoms with van der Waals surface area (Å²) in [6.45, 7) is 0. The van der Waals surface area contributed by atoms with Crippen LogP contribution < -0.4 is 0 Å². The molecule has 52 heavy (non-hydrogen) atoms. The molecule has 0 aliphatic heterocycles. The van der Waals surface area contributed by atoms with Gasteiger partial charge in [0.2, 0.25) is 0 Å². The highest BCUT2D eigenvalue weighted by Gasteiger charge is 2.19. The zero-order chi connectivity index (χ0) is 33.9. The number of benzene rings is 8. The van der Waals surface area contributed by atoms with Crippen molar-refractivity contribution in [3.05, 3.63) is 158 Å². The molecule has 4 heterocycles. The van der Waals surface area contributed by atoms with Crippen LogP contribution in [0.25, 0.3) is 121 Å². The molecule has 0 aliphatic rings. The Labute approximate surface area is 295 Å². The number of furan rings is 4. The molecule has 242 valence electrons. The van der Waals surface area contributed by atoms with Crippen molar-refractivity contribution in [3.8, 4) is 33.4 Å². The van der Waals surface area contributed by atoms with E-state index in [0.29, 0.717) is 0 Å². The lowest BCUT2D eigenvalue weighted by molar-refractivity contribution is 0.633. The van der Waals surface area contributed by atoms with Gasteiger partial charge in [-0.25, -0.2) is 0 Å². The summed E-state index contributed by atoms with van der Waals surface area (Å²) in [6, 6.07) is 55.0. The molecule has 0 saturated heterocycles. The van der Waals surface area contributed by atoms with E-state index in [1.54, 1.807) is 0 Å². The summed E-state index contributed by atoms with van der Waals surface area (Å²) in [7, 11) is 0. The van der Waals surface area contributed by atoms with Gasteiger partial charge in [0, 0.05) is 43.1 Å². The maximum atomic E-state index is 6.50. The van der Waals surface area contributed by atoms with Gasteiger partial charge in [-0.15, -0.1) is 0 Å². The number of fused-ring (bicyclic) bond motifs is 14. The Morgan fingerprint density at radius 3 is 1.31 bits per heavy atom. The Kier molecular flexibility index (Phi) is 5.47. The van der Waals surface area contributed by atoms with Gasteiger partial charge in [0.1, 0.15) is 33.5 Å². The number of hydrogen-bond donors (Lipinski definition) is 0. The van der Waals surface area contributed by atoms with E-state index < -0.39 is 0 Å². The first-order chi connectivity index (χ1) is 25.7. The third-order valence-electron chi connectivity index (χ3n) is 10.7. The van der Waals surface area contributed by atoms with Crippen molar-refractivity contribution in [2.45, 2.75) is 0 Å². The van der Waals surface area contributed by atoms with Gasteiger partial charge in [-0.2, -0.15) is 0 Å². The molecule has 12 aromatic rings. The Balaban J connectivity index is 0.969. The summed E-state index contributed by atoms with van der Waals surface area (Å²) in [4.78, 5) is 0. The van der Waals surface area contributed by atoms with Gasteiger partial charge < -0.3 is 17.7 Å². The van der Waals surface area contributed by atoms with Crippen LogP contribution in [0.5, 0.6) is 0 Å². The second-order valence-electron chi connectivity index (χ2n) is 13.6. The third kappa shape index (κ3) is 3.92. The van der Waals surface area contributed by atoms with Crippen LogP contribution in [0, 0.1) is 0 Å². The van der Waals surface area contributed by atoms with Gasteiger partial charge >= 0.3 is 0 Å². The molecule has 0 unspecified atom stereocenters. The molecule has 0 amide bonds. The summed E-state index contributed by atoms with van der Waals surface area (Å²) in [5.74, 6) is 0. The summed E-state index contributed by atoms with van der Waals surface area (Å²) in [5.41, 5.74) is 13.6. The largest absolute Gasteiger partial charge is 0.456 e. The van der Waals surface area contributed by atoms with E-state index in [-0.39, 0.29) is 0 Å². The molecule has 0 saturated carbocycles. The van der Waals surface area contributed by atoms with Crippen molar-refractivity contribution in [2.24, 2.45) is 0 Å². The minimum Gasteiger partial charge on any atom is -0.456 e. The van der Waals surface area contributed by atoms with Crippen LogP contribution in [0.2, 0.25) is 0 Å². The van der Waals surface area contributed by atoms with E-state index in [4.69, 9.17) is 17.7 Å². The summed E-state index contributed by atoms with van der Waals surface area (Å²) < 4.78 is 25.5. The van der Waals surface area contributed by atoms with Crippen molar-refractivity contribution in [1.29, 1.82) is 0 Å². The van der Waals surface area contributed by atoms with Crippen LogP contribution in [-0.4, -0.2) is 0 Å². The average molecular weight is 667 g/mol. The van der Waals surface area contributed by atoms with E-state index in [0.717, 1.165) is 116 Å². The predicted molar refractivity (Wildman–Crippen MR) is 212 cm³/mol. The van der Waals surface area contributed by atoms with E-state index in [1.807, 2.05) is 30.3 Å². The van der Waals surface area contributed by atoms with Gasteiger partial charge in [-0.05, 0) is 106 Å². The second-order valence-corrected chi connectivity index (χ2v) is 13.6. The normalized spacial score (nSPS) is 12.2. The second kappa shape index (κ2) is 10.3. The van der Waals surface area contributed by atoms with E-state index >= 15 is 0 Å². The fourth-order valence-corrected chi connectivity index (χ4v) is 8.20. The van der Waals surface area contributed by atoms with Crippen LogP contribution in [0.1, 0.15) is 0 Å². The zero-order valence-corrected chi connectivity index (χ0v) is 27.6. The molecule has 0 aliphatic carbocycles. The Hall–Kier alpha value is -7.04. The highest BCUT2D eigenvalue weighted by atomic mass is 16.4. The Morgan fingerprint density at radius 1 is 0.231 bits per heavy atom. The van der Waals surface area contributed by atoms with Gasteiger partial charge in [0.15, 0.2) is 11.2 Å². The summed E-state index contributed by atoms with van der Waals surface area (Å²) >= 11 is 0. The number of rotatable bonds is 3. The maximum Gasteiger partial charge on any atom is 0.178 e. The van der Waals surface area contributed by atoms with E-state index in [1.165, 1.54) is 5.56 Å². The van der Waals surface area contributed by atoms with Gasteiger partial charge in [-0.1, -0.05) is 84.9 Å². The third-order valence-corrected chi connectivity index (χ3v) is 10.7. The summed E-state index contributed by atoms with van der Waals surface area (Å²) in [5, 5.41) is 8.59. The zero-order valence-electron chi connectivity index (χ0n) is 27.6. The smallest absolute Gasteiger partial charge is 0.178 e. The SMILES string of the molecule is c1ccc(-c2ccc3oc4c(ccc5c6cc(-c7cccc(-c8ccc9oc%10ccc%11oc%12ccccc%12c%11c%10c9c8)c7)ccc6oc54)c3c2)cc1. The molecule has 0 N–H and O–H groups in total. The van der Waals surface area contributed by atoms with Crippen LogP contribution in [-0.2, 0) is 0 Å².